The number of aromatic nitrogens is 1. The molecule has 171 valence electrons. The van der Waals surface area contributed by atoms with Gasteiger partial charge >= 0.3 is 17.1 Å². The van der Waals surface area contributed by atoms with Crippen molar-refractivity contribution in [2.75, 3.05) is 26.2 Å². The van der Waals surface area contributed by atoms with Crippen LogP contribution in [-0.4, -0.2) is 52.6 Å². The third kappa shape index (κ3) is 10.1. The number of halogens is 3. The molecule has 2 aliphatic rings. The second-order valence-corrected chi connectivity index (χ2v) is 7.10. The predicted molar refractivity (Wildman–Crippen MR) is 106 cm³/mol. The van der Waals surface area contributed by atoms with Gasteiger partial charge < -0.3 is 37.2 Å². The molecule has 0 amide bonds. The summed E-state index contributed by atoms with van der Waals surface area (Å²) in [6.45, 7) is 8.19. The van der Waals surface area contributed by atoms with Crippen molar-refractivity contribution in [1.29, 1.82) is 0 Å². The molecule has 0 atom stereocenters. The molecule has 0 spiro atoms. The minimum Gasteiger partial charge on any atom is -1.00 e. The SMILES string of the molecule is CC(=NNN1CCCCC1)c1cccc(C(C)=NNN2CCCCC2)n1.[Cl-].[Cl-].[Cl-].[Fe+3]. The molecule has 0 aromatic carbocycles. The summed E-state index contributed by atoms with van der Waals surface area (Å²) in [6.07, 6.45) is 7.55. The van der Waals surface area contributed by atoms with Crippen molar-refractivity contribution in [1.82, 2.24) is 26.1 Å². The minimum atomic E-state index is 0. The Kier molecular flexibility index (Phi) is 17.9. The van der Waals surface area contributed by atoms with Crippen LogP contribution in [0.15, 0.2) is 28.4 Å². The van der Waals surface area contributed by atoms with E-state index in [1.54, 1.807) is 0 Å². The van der Waals surface area contributed by atoms with Gasteiger partial charge in [0.1, 0.15) is 0 Å². The molecule has 7 nitrogen and oxygen atoms in total. The maximum absolute atomic E-state index is 4.72. The fraction of sp³-hybridized carbons (Fsp3) is 0.632. The molecule has 1 aromatic heterocycles. The largest absolute Gasteiger partial charge is 3.00 e. The first kappa shape index (κ1) is 31.6. The van der Waals surface area contributed by atoms with Gasteiger partial charge in [-0.3, -0.25) is 0 Å². The second-order valence-electron chi connectivity index (χ2n) is 7.10. The summed E-state index contributed by atoms with van der Waals surface area (Å²) in [5, 5.41) is 13.4. The molecule has 0 unspecified atom stereocenters. The number of hydrogen-bond acceptors (Lipinski definition) is 7. The Morgan fingerprint density at radius 3 is 1.47 bits per heavy atom. The molecule has 2 aliphatic heterocycles. The third-order valence-corrected chi connectivity index (χ3v) is 4.92. The quantitative estimate of drug-likeness (QED) is 0.222. The topological polar surface area (TPSA) is 68.2 Å². The van der Waals surface area contributed by atoms with Crippen LogP contribution in [-0.2, 0) is 17.1 Å². The van der Waals surface area contributed by atoms with Gasteiger partial charge in [0.2, 0.25) is 0 Å². The van der Waals surface area contributed by atoms with Crippen LogP contribution < -0.4 is 48.3 Å². The second kappa shape index (κ2) is 17.0. The van der Waals surface area contributed by atoms with Gasteiger partial charge in [0.05, 0.1) is 22.8 Å². The zero-order valence-electron chi connectivity index (χ0n) is 17.5. The Bertz CT molecular complexity index is 598. The van der Waals surface area contributed by atoms with Gasteiger partial charge in [0, 0.05) is 26.2 Å². The minimum absolute atomic E-state index is 0. The van der Waals surface area contributed by atoms with E-state index in [0.717, 1.165) is 49.0 Å². The summed E-state index contributed by atoms with van der Waals surface area (Å²) in [4.78, 5) is 4.72. The van der Waals surface area contributed by atoms with Crippen LogP contribution in [0, 0.1) is 0 Å². The molecule has 2 saturated heterocycles. The fourth-order valence-electron chi connectivity index (χ4n) is 3.23. The van der Waals surface area contributed by atoms with E-state index in [0.29, 0.717) is 0 Å². The number of pyridine rings is 1. The van der Waals surface area contributed by atoms with Crippen LogP contribution in [0.3, 0.4) is 0 Å². The van der Waals surface area contributed by atoms with E-state index in [9.17, 15) is 0 Å². The molecule has 11 heteroatoms. The third-order valence-electron chi connectivity index (χ3n) is 4.92. The molecule has 0 bridgehead atoms. The van der Waals surface area contributed by atoms with Crippen LogP contribution in [0.5, 0.6) is 0 Å². The van der Waals surface area contributed by atoms with Crippen molar-refractivity contribution >= 4 is 11.4 Å². The molecule has 30 heavy (non-hydrogen) atoms. The smallest absolute Gasteiger partial charge is 1.00 e. The van der Waals surface area contributed by atoms with Crippen molar-refractivity contribution in [3.63, 3.8) is 0 Å². The Hall–Kier alpha value is -0.601. The van der Waals surface area contributed by atoms with Crippen LogP contribution in [0.4, 0.5) is 0 Å². The van der Waals surface area contributed by atoms with Crippen LogP contribution in [0.1, 0.15) is 63.8 Å². The van der Waals surface area contributed by atoms with Crippen LogP contribution >= 0.6 is 0 Å². The summed E-state index contributed by atoms with van der Waals surface area (Å²) in [5.41, 5.74) is 9.85. The van der Waals surface area contributed by atoms with Gasteiger partial charge in [-0.15, -0.1) is 0 Å². The van der Waals surface area contributed by atoms with Crippen molar-refractivity contribution in [2.45, 2.75) is 52.4 Å². The van der Waals surface area contributed by atoms with Gasteiger partial charge in [0.25, 0.3) is 0 Å². The first-order chi connectivity index (χ1) is 12.7. The van der Waals surface area contributed by atoms with Crippen LogP contribution in [0.25, 0.3) is 0 Å². The zero-order valence-corrected chi connectivity index (χ0v) is 20.9. The number of piperidine rings is 2. The van der Waals surface area contributed by atoms with Gasteiger partial charge in [-0.25, -0.2) is 26.1 Å². The molecule has 3 heterocycles. The van der Waals surface area contributed by atoms with E-state index in [4.69, 9.17) is 4.98 Å². The Labute approximate surface area is 209 Å². The molecule has 0 saturated carbocycles. The van der Waals surface area contributed by atoms with E-state index in [-0.39, 0.29) is 54.3 Å². The molecule has 1 aromatic rings. The van der Waals surface area contributed by atoms with E-state index in [1.165, 1.54) is 38.5 Å². The number of rotatable bonds is 6. The van der Waals surface area contributed by atoms with E-state index in [2.05, 4.69) is 31.3 Å². The van der Waals surface area contributed by atoms with Gasteiger partial charge in [-0.05, 0) is 51.7 Å². The monoisotopic (exact) mass is 518 g/mol. The van der Waals surface area contributed by atoms with Crippen LogP contribution in [0.2, 0.25) is 0 Å². The van der Waals surface area contributed by atoms with Crippen molar-refractivity contribution in [2.24, 2.45) is 10.2 Å². The average molecular weight is 520 g/mol. The fourth-order valence-corrected chi connectivity index (χ4v) is 3.23. The molecule has 1 radical (unpaired) electrons. The number of nitrogens with one attached hydrogen (secondary N) is 2. The van der Waals surface area contributed by atoms with Gasteiger partial charge in [0.15, 0.2) is 0 Å². The molecule has 0 aliphatic carbocycles. The van der Waals surface area contributed by atoms with E-state index >= 15 is 0 Å². The van der Waals surface area contributed by atoms with Gasteiger partial charge in [-0.1, -0.05) is 18.9 Å². The first-order valence-corrected chi connectivity index (χ1v) is 9.80. The maximum atomic E-state index is 4.72. The Morgan fingerprint density at radius 1 is 0.733 bits per heavy atom. The molecular weight excluding hydrogens is 488 g/mol. The number of nitrogens with zero attached hydrogens (tertiary/aromatic N) is 5. The van der Waals surface area contributed by atoms with E-state index in [1.807, 2.05) is 32.0 Å². The summed E-state index contributed by atoms with van der Waals surface area (Å²) in [5.74, 6) is 0. The Balaban J connectivity index is 0. The average Bonchev–Trinajstić information content (AvgIpc) is 2.72. The normalized spacial score (nSPS) is 18.1. The number of hydrogen-bond donors (Lipinski definition) is 2. The van der Waals surface area contributed by atoms with Crippen molar-refractivity contribution < 1.29 is 54.3 Å². The summed E-state index contributed by atoms with van der Waals surface area (Å²) in [6, 6.07) is 5.99. The van der Waals surface area contributed by atoms with E-state index < -0.39 is 0 Å². The number of hydrazone groups is 2. The predicted octanol–water partition coefficient (Wildman–Crippen LogP) is -6.48. The Morgan fingerprint density at radius 2 is 1.10 bits per heavy atom. The standard InChI is InChI=1S/C19H31N7.3ClH.Fe/c1-16(21-23-25-12-5-3-6-13-25)18-10-9-11-19(20-18)17(2)22-24-26-14-7-4-8-15-26;;;;/h9-11,23-24H,3-8,12-15H2,1-2H3;3*1H;/q;;;;+3/p-3. The number of hydrazine groups is 2. The maximum Gasteiger partial charge on any atom is 3.00 e. The first-order valence-electron chi connectivity index (χ1n) is 9.80. The van der Waals surface area contributed by atoms with Crippen molar-refractivity contribution in [3.8, 4) is 0 Å². The molecular formula is C19H31Cl3FeN7. The summed E-state index contributed by atoms with van der Waals surface area (Å²) < 4.78 is 0. The molecule has 2 fully saturated rings. The summed E-state index contributed by atoms with van der Waals surface area (Å²) in [7, 11) is 0. The molecule has 2 N–H and O–H groups in total. The zero-order chi connectivity index (χ0) is 18.2. The summed E-state index contributed by atoms with van der Waals surface area (Å²) >= 11 is 0. The van der Waals surface area contributed by atoms with Crippen molar-refractivity contribution in [3.05, 3.63) is 29.6 Å². The molecule has 3 rings (SSSR count). The van der Waals surface area contributed by atoms with Gasteiger partial charge in [-0.2, -0.15) is 10.2 Å².